The average Bonchev–Trinajstić information content (AvgIpc) is 3.40. The van der Waals surface area contributed by atoms with Crippen LogP contribution in [0.15, 0.2) is 57.9 Å². The Hall–Kier alpha value is -2.55. The summed E-state index contributed by atoms with van der Waals surface area (Å²) in [4.78, 5) is 4.79. The first-order chi connectivity index (χ1) is 14.4. The molecule has 1 aliphatic heterocycles. The van der Waals surface area contributed by atoms with Crippen LogP contribution in [0.4, 0.5) is 0 Å². The molecule has 3 aromatic rings. The van der Waals surface area contributed by atoms with E-state index in [4.69, 9.17) is 9.26 Å². The van der Waals surface area contributed by atoms with Gasteiger partial charge < -0.3 is 9.26 Å². The second-order valence-corrected chi connectivity index (χ2v) is 9.55. The van der Waals surface area contributed by atoms with Crippen LogP contribution in [0.1, 0.15) is 40.7 Å². The number of ether oxygens (including phenoxy) is 1. The van der Waals surface area contributed by atoms with Crippen molar-refractivity contribution >= 4 is 10.0 Å². The maximum Gasteiger partial charge on any atom is 0.252 e. The zero-order chi connectivity index (χ0) is 21.1. The molecule has 0 radical (unpaired) electrons. The van der Waals surface area contributed by atoms with Crippen molar-refractivity contribution in [2.45, 2.75) is 44.3 Å². The van der Waals surface area contributed by atoms with Gasteiger partial charge in [0.2, 0.25) is 10.0 Å². The van der Waals surface area contributed by atoms with Crippen molar-refractivity contribution in [1.82, 2.24) is 14.4 Å². The molecule has 1 fully saturated rings. The minimum atomic E-state index is -3.55. The maximum absolute atomic E-state index is 13.1. The van der Waals surface area contributed by atoms with E-state index in [-0.39, 0.29) is 12.5 Å². The molecule has 2 heterocycles. The topological polar surface area (TPSA) is 85.5 Å². The first-order valence-electron chi connectivity index (χ1n) is 9.95. The highest BCUT2D eigenvalue weighted by atomic mass is 32.2. The molecule has 0 aliphatic carbocycles. The summed E-state index contributed by atoms with van der Waals surface area (Å²) in [5, 5.41) is 4.06. The van der Waals surface area contributed by atoms with Crippen molar-refractivity contribution in [2.24, 2.45) is 0 Å². The molecule has 1 unspecified atom stereocenters. The molecule has 4 rings (SSSR count). The van der Waals surface area contributed by atoms with E-state index in [0.717, 1.165) is 16.7 Å². The predicted molar refractivity (Wildman–Crippen MR) is 111 cm³/mol. The zero-order valence-corrected chi connectivity index (χ0v) is 17.9. The van der Waals surface area contributed by atoms with Crippen molar-refractivity contribution in [1.29, 1.82) is 0 Å². The fourth-order valence-corrected chi connectivity index (χ4v) is 5.41. The second kappa shape index (κ2) is 8.67. The quantitative estimate of drug-likeness (QED) is 0.573. The van der Waals surface area contributed by atoms with Gasteiger partial charge in [0, 0.05) is 19.0 Å². The van der Waals surface area contributed by atoms with E-state index in [1.54, 1.807) is 6.07 Å². The zero-order valence-electron chi connectivity index (χ0n) is 17.1. The Morgan fingerprint density at radius 2 is 1.93 bits per heavy atom. The summed E-state index contributed by atoms with van der Waals surface area (Å²) in [7, 11) is -3.55. The van der Waals surface area contributed by atoms with E-state index in [1.165, 1.54) is 4.31 Å². The Bertz CT molecular complexity index is 1110. The molecule has 0 spiro atoms. The van der Waals surface area contributed by atoms with Crippen LogP contribution in [0.5, 0.6) is 0 Å². The highest BCUT2D eigenvalue weighted by Gasteiger charge is 2.36. The van der Waals surface area contributed by atoms with Gasteiger partial charge in [-0.15, -0.1) is 0 Å². The summed E-state index contributed by atoms with van der Waals surface area (Å²) in [5.74, 6) is 0.847. The van der Waals surface area contributed by atoms with Crippen LogP contribution in [0.3, 0.4) is 0 Å². The number of nitrogens with zero attached hydrogens (tertiary/aromatic N) is 3. The molecule has 158 valence electrons. The average molecular weight is 428 g/mol. The standard InChI is InChI=1S/C22H25N3O4S/c1-16-8-9-17(2)20(12-16)30(26,27)25-11-10-19(13-25)22-23-21(29-24-22)15-28-14-18-6-4-3-5-7-18/h3-9,12,19H,10-11,13-15H2,1-2H3. The maximum atomic E-state index is 13.1. The van der Waals surface area contributed by atoms with Gasteiger partial charge in [0.15, 0.2) is 5.82 Å². The lowest BCUT2D eigenvalue weighted by Gasteiger charge is -2.18. The van der Waals surface area contributed by atoms with Gasteiger partial charge in [0.05, 0.1) is 11.5 Å². The number of hydrogen-bond donors (Lipinski definition) is 0. The summed E-state index contributed by atoms with van der Waals surface area (Å²) < 4.78 is 38.7. The smallest absolute Gasteiger partial charge is 0.252 e. The van der Waals surface area contributed by atoms with Gasteiger partial charge in [-0.05, 0) is 43.0 Å². The predicted octanol–water partition coefficient (Wildman–Crippen LogP) is 3.58. The minimum absolute atomic E-state index is 0.0866. The van der Waals surface area contributed by atoms with Crippen molar-refractivity contribution < 1.29 is 17.7 Å². The number of benzene rings is 2. The molecule has 1 aromatic heterocycles. The highest BCUT2D eigenvalue weighted by Crippen LogP contribution is 2.31. The molecule has 1 aliphatic rings. The first-order valence-corrected chi connectivity index (χ1v) is 11.4. The van der Waals surface area contributed by atoms with E-state index < -0.39 is 10.0 Å². The van der Waals surface area contributed by atoms with Crippen LogP contribution in [0.25, 0.3) is 0 Å². The molecule has 1 atom stereocenters. The summed E-state index contributed by atoms with van der Waals surface area (Å²) >= 11 is 0. The summed E-state index contributed by atoms with van der Waals surface area (Å²) in [6, 6.07) is 15.3. The summed E-state index contributed by atoms with van der Waals surface area (Å²) in [6.07, 6.45) is 0.661. The van der Waals surface area contributed by atoms with Crippen molar-refractivity contribution in [3.05, 3.63) is 76.9 Å². The van der Waals surface area contributed by atoms with Crippen LogP contribution in [0.2, 0.25) is 0 Å². The van der Waals surface area contributed by atoms with Crippen molar-refractivity contribution in [2.75, 3.05) is 13.1 Å². The highest BCUT2D eigenvalue weighted by molar-refractivity contribution is 7.89. The van der Waals surface area contributed by atoms with Gasteiger partial charge in [-0.1, -0.05) is 47.6 Å². The lowest BCUT2D eigenvalue weighted by molar-refractivity contribution is 0.0850. The van der Waals surface area contributed by atoms with Gasteiger partial charge >= 0.3 is 0 Å². The molecule has 8 heteroatoms. The van der Waals surface area contributed by atoms with Crippen LogP contribution in [0, 0.1) is 13.8 Å². The Kier molecular flexibility index (Phi) is 5.99. The molecule has 1 saturated heterocycles. The molecule has 0 bridgehead atoms. The molecular weight excluding hydrogens is 402 g/mol. The molecule has 30 heavy (non-hydrogen) atoms. The molecule has 0 amide bonds. The Morgan fingerprint density at radius 3 is 2.73 bits per heavy atom. The summed E-state index contributed by atoms with van der Waals surface area (Å²) in [6.45, 7) is 5.18. The van der Waals surface area contributed by atoms with Gasteiger partial charge in [-0.2, -0.15) is 9.29 Å². The minimum Gasteiger partial charge on any atom is -0.367 e. The normalized spacial score (nSPS) is 17.5. The molecular formula is C22H25N3O4S. The Morgan fingerprint density at radius 1 is 1.13 bits per heavy atom. The second-order valence-electron chi connectivity index (χ2n) is 7.64. The number of sulfonamides is 1. The Labute approximate surface area is 176 Å². The van der Waals surface area contributed by atoms with E-state index in [9.17, 15) is 8.42 Å². The number of hydrogen-bond acceptors (Lipinski definition) is 6. The van der Waals surface area contributed by atoms with Crippen molar-refractivity contribution in [3.8, 4) is 0 Å². The van der Waals surface area contributed by atoms with Crippen LogP contribution in [-0.4, -0.2) is 36.0 Å². The number of aryl methyl sites for hydroxylation is 2. The lowest BCUT2D eigenvalue weighted by atomic mass is 10.1. The van der Waals surface area contributed by atoms with Crippen LogP contribution in [-0.2, 0) is 28.0 Å². The van der Waals surface area contributed by atoms with E-state index >= 15 is 0 Å². The van der Waals surface area contributed by atoms with E-state index in [1.807, 2.05) is 56.3 Å². The monoisotopic (exact) mass is 427 g/mol. The van der Waals surface area contributed by atoms with Crippen LogP contribution < -0.4 is 0 Å². The third-order valence-electron chi connectivity index (χ3n) is 5.30. The van der Waals surface area contributed by atoms with E-state index in [2.05, 4.69) is 10.1 Å². The van der Waals surface area contributed by atoms with Crippen LogP contribution >= 0.6 is 0 Å². The molecule has 0 N–H and O–H groups in total. The molecule has 7 nitrogen and oxygen atoms in total. The third kappa shape index (κ3) is 4.45. The fraction of sp³-hybridized carbons (Fsp3) is 0.364. The molecule has 0 saturated carbocycles. The van der Waals surface area contributed by atoms with E-state index in [0.29, 0.717) is 42.7 Å². The van der Waals surface area contributed by atoms with Crippen molar-refractivity contribution in [3.63, 3.8) is 0 Å². The molecule has 2 aromatic carbocycles. The first kappa shape index (κ1) is 20.7. The van der Waals surface area contributed by atoms with Gasteiger partial charge in [-0.3, -0.25) is 0 Å². The number of aromatic nitrogens is 2. The lowest BCUT2D eigenvalue weighted by Crippen LogP contribution is -2.29. The fourth-order valence-electron chi connectivity index (χ4n) is 3.60. The van der Waals surface area contributed by atoms with Gasteiger partial charge in [0.1, 0.15) is 6.61 Å². The SMILES string of the molecule is Cc1ccc(C)c(S(=O)(=O)N2CCC(c3noc(COCc4ccccc4)n3)C2)c1. The third-order valence-corrected chi connectivity index (χ3v) is 7.31. The Balaban J connectivity index is 1.38. The van der Waals surface area contributed by atoms with Gasteiger partial charge in [0.25, 0.3) is 5.89 Å². The largest absolute Gasteiger partial charge is 0.367 e. The number of rotatable bonds is 7. The summed E-state index contributed by atoms with van der Waals surface area (Å²) in [5.41, 5.74) is 2.75. The van der Waals surface area contributed by atoms with Gasteiger partial charge in [-0.25, -0.2) is 8.42 Å².